The average molecular weight is 207 g/mol. The molecule has 2 N–H and O–H groups in total. The van der Waals surface area contributed by atoms with E-state index in [0.29, 0.717) is 11.7 Å². The molecule has 0 amide bonds. The molecule has 1 aromatic rings. The summed E-state index contributed by atoms with van der Waals surface area (Å²) in [6.45, 7) is 3.11. The van der Waals surface area contributed by atoms with Crippen molar-refractivity contribution in [3.63, 3.8) is 0 Å². The van der Waals surface area contributed by atoms with Gasteiger partial charge in [0.2, 0.25) is 0 Å². The summed E-state index contributed by atoms with van der Waals surface area (Å²) in [7, 11) is 1.97. The lowest BCUT2D eigenvalue weighted by Crippen LogP contribution is -2.27. The molecule has 1 atom stereocenters. The second kappa shape index (κ2) is 4.49. The first-order valence-electron chi connectivity index (χ1n) is 5.33. The molecule has 1 saturated heterocycles. The highest BCUT2D eigenvalue weighted by Gasteiger charge is 2.18. The summed E-state index contributed by atoms with van der Waals surface area (Å²) in [5.74, 6) is 1.59. The van der Waals surface area contributed by atoms with Gasteiger partial charge in [-0.05, 0) is 37.6 Å². The molecule has 2 heterocycles. The second-order valence-electron chi connectivity index (χ2n) is 4.09. The quantitative estimate of drug-likeness (QED) is 0.771. The Morgan fingerprint density at radius 3 is 3.20 bits per heavy atom. The summed E-state index contributed by atoms with van der Waals surface area (Å²) in [6, 6.07) is 3.41. The number of hydrogen-bond acceptors (Lipinski definition) is 4. The van der Waals surface area contributed by atoms with E-state index in [4.69, 9.17) is 0 Å². The minimum Gasteiger partial charge on any atom is -0.504 e. The summed E-state index contributed by atoms with van der Waals surface area (Å²) in [5.41, 5.74) is 0. The highest BCUT2D eigenvalue weighted by molar-refractivity contribution is 5.50. The molecule has 15 heavy (non-hydrogen) atoms. The number of aromatic nitrogens is 1. The standard InChI is InChI=1S/C11H17N3O/c1-14(8-9-4-6-12-7-9)11-10(15)3-2-5-13-11/h2-3,5,9,12,15H,4,6-8H2,1H3/t9-/m0/s1. The number of hydrogen-bond donors (Lipinski definition) is 2. The van der Waals surface area contributed by atoms with Crippen molar-refractivity contribution in [2.75, 3.05) is 31.6 Å². The van der Waals surface area contributed by atoms with E-state index >= 15 is 0 Å². The lowest BCUT2D eigenvalue weighted by Gasteiger charge is -2.22. The second-order valence-corrected chi connectivity index (χ2v) is 4.09. The van der Waals surface area contributed by atoms with E-state index in [1.54, 1.807) is 18.3 Å². The lowest BCUT2D eigenvalue weighted by atomic mass is 10.1. The molecular formula is C11H17N3O. The third-order valence-corrected chi connectivity index (χ3v) is 2.82. The number of nitrogens with one attached hydrogen (secondary N) is 1. The normalized spacial score (nSPS) is 20.5. The molecule has 4 heteroatoms. The highest BCUT2D eigenvalue weighted by atomic mass is 16.3. The first kappa shape index (κ1) is 10.2. The van der Waals surface area contributed by atoms with Crippen LogP contribution in [0, 0.1) is 5.92 Å². The van der Waals surface area contributed by atoms with Crippen molar-refractivity contribution in [3.8, 4) is 5.75 Å². The van der Waals surface area contributed by atoms with Gasteiger partial charge in [-0.1, -0.05) is 0 Å². The minimum atomic E-state index is 0.256. The third kappa shape index (κ3) is 2.39. The van der Waals surface area contributed by atoms with Crippen LogP contribution in [0.5, 0.6) is 5.75 Å². The van der Waals surface area contributed by atoms with E-state index < -0.39 is 0 Å². The van der Waals surface area contributed by atoms with Crippen LogP contribution in [0.2, 0.25) is 0 Å². The molecule has 2 rings (SSSR count). The fraction of sp³-hybridized carbons (Fsp3) is 0.545. The van der Waals surface area contributed by atoms with Crippen molar-refractivity contribution >= 4 is 5.82 Å². The van der Waals surface area contributed by atoms with Crippen LogP contribution in [0.3, 0.4) is 0 Å². The minimum absolute atomic E-state index is 0.256. The first-order chi connectivity index (χ1) is 7.27. The monoisotopic (exact) mass is 207 g/mol. The van der Waals surface area contributed by atoms with Gasteiger partial charge in [0.05, 0.1) is 0 Å². The largest absolute Gasteiger partial charge is 0.504 e. The van der Waals surface area contributed by atoms with Gasteiger partial charge in [-0.3, -0.25) is 0 Å². The van der Waals surface area contributed by atoms with Crippen molar-refractivity contribution in [1.29, 1.82) is 0 Å². The van der Waals surface area contributed by atoms with Gasteiger partial charge in [0, 0.05) is 19.8 Å². The van der Waals surface area contributed by atoms with Crippen LogP contribution in [-0.2, 0) is 0 Å². The molecule has 0 saturated carbocycles. The summed E-state index contributed by atoms with van der Waals surface area (Å²) in [5, 5.41) is 13.0. The zero-order valence-electron chi connectivity index (χ0n) is 8.98. The first-order valence-corrected chi connectivity index (χ1v) is 5.33. The van der Waals surface area contributed by atoms with Crippen LogP contribution >= 0.6 is 0 Å². The van der Waals surface area contributed by atoms with E-state index in [2.05, 4.69) is 10.3 Å². The lowest BCUT2D eigenvalue weighted by molar-refractivity contribution is 0.469. The molecule has 0 radical (unpaired) electrons. The predicted octanol–water partition coefficient (Wildman–Crippen LogP) is 0.833. The molecule has 0 aromatic carbocycles. The highest BCUT2D eigenvalue weighted by Crippen LogP contribution is 2.23. The van der Waals surface area contributed by atoms with Gasteiger partial charge >= 0.3 is 0 Å². The van der Waals surface area contributed by atoms with Crippen LogP contribution in [-0.4, -0.2) is 36.8 Å². The predicted molar refractivity (Wildman–Crippen MR) is 60.1 cm³/mol. The van der Waals surface area contributed by atoms with E-state index in [1.807, 2.05) is 11.9 Å². The molecule has 0 bridgehead atoms. The fourth-order valence-electron chi connectivity index (χ4n) is 2.03. The maximum absolute atomic E-state index is 9.64. The van der Waals surface area contributed by atoms with Crippen molar-refractivity contribution in [3.05, 3.63) is 18.3 Å². The van der Waals surface area contributed by atoms with Gasteiger partial charge in [-0.25, -0.2) is 4.98 Å². The fourth-order valence-corrected chi connectivity index (χ4v) is 2.03. The maximum atomic E-state index is 9.64. The van der Waals surface area contributed by atoms with Gasteiger partial charge in [-0.2, -0.15) is 0 Å². The molecule has 1 aliphatic rings. The van der Waals surface area contributed by atoms with Crippen LogP contribution < -0.4 is 10.2 Å². The summed E-state index contributed by atoms with van der Waals surface area (Å²) < 4.78 is 0. The Morgan fingerprint density at radius 1 is 1.67 bits per heavy atom. The Labute approximate surface area is 89.9 Å². The Bertz CT molecular complexity index is 323. The van der Waals surface area contributed by atoms with Gasteiger partial charge in [0.25, 0.3) is 0 Å². The number of anilines is 1. The molecule has 0 spiro atoms. The topological polar surface area (TPSA) is 48.4 Å². The molecule has 82 valence electrons. The molecule has 1 aliphatic heterocycles. The van der Waals surface area contributed by atoms with E-state index in [9.17, 15) is 5.11 Å². The van der Waals surface area contributed by atoms with Crippen LogP contribution in [0.15, 0.2) is 18.3 Å². The van der Waals surface area contributed by atoms with Crippen LogP contribution in [0.1, 0.15) is 6.42 Å². The van der Waals surface area contributed by atoms with E-state index in [0.717, 1.165) is 19.6 Å². The molecule has 4 nitrogen and oxygen atoms in total. The van der Waals surface area contributed by atoms with Crippen molar-refractivity contribution in [1.82, 2.24) is 10.3 Å². The Morgan fingerprint density at radius 2 is 2.53 bits per heavy atom. The summed E-state index contributed by atoms with van der Waals surface area (Å²) >= 11 is 0. The van der Waals surface area contributed by atoms with E-state index in [1.165, 1.54) is 6.42 Å². The molecule has 1 fully saturated rings. The Balaban J connectivity index is 2.00. The number of aromatic hydroxyl groups is 1. The van der Waals surface area contributed by atoms with Gasteiger partial charge in [0.15, 0.2) is 11.6 Å². The summed E-state index contributed by atoms with van der Waals surface area (Å²) in [6.07, 6.45) is 2.91. The van der Waals surface area contributed by atoms with Crippen molar-refractivity contribution in [2.45, 2.75) is 6.42 Å². The molecular weight excluding hydrogens is 190 g/mol. The zero-order valence-corrected chi connectivity index (χ0v) is 8.98. The van der Waals surface area contributed by atoms with Gasteiger partial charge in [0.1, 0.15) is 0 Å². The van der Waals surface area contributed by atoms with Crippen molar-refractivity contribution < 1.29 is 5.11 Å². The number of pyridine rings is 1. The number of nitrogens with zero attached hydrogens (tertiary/aromatic N) is 2. The van der Waals surface area contributed by atoms with Gasteiger partial charge < -0.3 is 15.3 Å². The Kier molecular flexibility index (Phi) is 3.06. The van der Waals surface area contributed by atoms with Gasteiger partial charge in [-0.15, -0.1) is 0 Å². The third-order valence-electron chi connectivity index (χ3n) is 2.82. The maximum Gasteiger partial charge on any atom is 0.170 e. The SMILES string of the molecule is CN(C[C@H]1CCNC1)c1ncccc1O. The zero-order chi connectivity index (χ0) is 10.7. The van der Waals surface area contributed by atoms with E-state index in [-0.39, 0.29) is 5.75 Å². The summed E-state index contributed by atoms with van der Waals surface area (Å²) in [4.78, 5) is 6.20. The molecule has 0 unspecified atom stereocenters. The van der Waals surface area contributed by atoms with Crippen molar-refractivity contribution in [2.24, 2.45) is 5.92 Å². The Hall–Kier alpha value is -1.29. The smallest absolute Gasteiger partial charge is 0.170 e. The van der Waals surface area contributed by atoms with Crippen LogP contribution in [0.25, 0.3) is 0 Å². The number of rotatable bonds is 3. The van der Waals surface area contributed by atoms with Crippen LogP contribution in [0.4, 0.5) is 5.82 Å². The molecule has 1 aromatic heterocycles. The molecule has 0 aliphatic carbocycles. The average Bonchev–Trinajstić information content (AvgIpc) is 2.71.